The van der Waals surface area contributed by atoms with Gasteiger partial charge in [0.25, 0.3) is 0 Å². The second kappa shape index (κ2) is 5.93. The van der Waals surface area contributed by atoms with Gasteiger partial charge in [0.2, 0.25) is 5.91 Å². The number of carbonyl (C=O) groups excluding carboxylic acids is 1. The first-order valence-corrected chi connectivity index (χ1v) is 7.13. The lowest BCUT2D eigenvalue weighted by Gasteiger charge is -2.12. The molecule has 2 aromatic carbocycles. The first-order valence-electron chi connectivity index (χ1n) is 7.13. The van der Waals surface area contributed by atoms with Crippen LogP contribution in [0.2, 0.25) is 0 Å². The van der Waals surface area contributed by atoms with Crippen LogP contribution in [0.1, 0.15) is 24.4 Å². The fourth-order valence-electron chi connectivity index (χ4n) is 2.49. The highest BCUT2D eigenvalue weighted by Gasteiger charge is 2.15. The molecule has 0 saturated heterocycles. The molecule has 6 heteroatoms. The van der Waals surface area contributed by atoms with Crippen LogP contribution in [0, 0.1) is 0 Å². The monoisotopic (exact) mass is 295 g/mol. The van der Waals surface area contributed by atoms with Gasteiger partial charge in [-0.05, 0) is 33.7 Å². The van der Waals surface area contributed by atoms with Gasteiger partial charge in [0.15, 0.2) is 5.82 Å². The number of benzene rings is 2. The summed E-state index contributed by atoms with van der Waals surface area (Å²) in [4.78, 5) is 12.2. The van der Waals surface area contributed by atoms with Crippen LogP contribution in [0.3, 0.4) is 0 Å². The van der Waals surface area contributed by atoms with Gasteiger partial charge in [-0.1, -0.05) is 42.5 Å². The summed E-state index contributed by atoms with van der Waals surface area (Å²) in [6.07, 6.45) is 0.334. The second-order valence-electron chi connectivity index (χ2n) is 5.31. The van der Waals surface area contributed by atoms with Crippen LogP contribution in [0.5, 0.6) is 0 Å². The molecule has 0 aliphatic carbocycles. The average molecular weight is 295 g/mol. The molecule has 1 heterocycles. The van der Waals surface area contributed by atoms with Gasteiger partial charge in [-0.25, -0.2) is 4.68 Å². The van der Waals surface area contributed by atoms with Crippen molar-refractivity contribution in [3.63, 3.8) is 0 Å². The zero-order valence-corrected chi connectivity index (χ0v) is 12.5. The van der Waals surface area contributed by atoms with Gasteiger partial charge in [-0.15, -0.1) is 5.10 Å². The van der Waals surface area contributed by atoms with E-state index in [4.69, 9.17) is 0 Å². The predicted molar refractivity (Wildman–Crippen MR) is 83.0 cm³/mol. The van der Waals surface area contributed by atoms with E-state index in [1.165, 1.54) is 5.39 Å². The minimum atomic E-state index is -0.229. The molecule has 1 atom stereocenters. The maximum Gasteiger partial charge on any atom is 0.224 e. The third-order valence-electron chi connectivity index (χ3n) is 3.60. The van der Waals surface area contributed by atoms with E-state index in [1.807, 2.05) is 43.3 Å². The van der Waals surface area contributed by atoms with Gasteiger partial charge in [-0.2, -0.15) is 0 Å². The summed E-state index contributed by atoms with van der Waals surface area (Å²) in [6, 6.07) is 13.9. The number of amides is 1. The number of tetrazole rings is 1. The average Bonchev–Trinajstić information content (AvgIpc) is 2.93. The first-order chi connectivity index (χ1) is 10.6. The zero-order valence-electron chi connectivity index (χ0n) is 12.5. The van der Waals surface area contributed by atoms with E-state index >= 15 is 0 Å². The highest BCUT2D eigenvalue weighted by Crippen LogP contribution is 2.16. The van der Waals surface area contributed by atoms with Crippen molar-refractivity contribution < 1.29 is 4.79 Å². The number of hydrogen-bond donors (Lipinski definition) is 1. The summed E-state index contributed by atoms with van der Waals surface area (Å²) in [7, 11) is 1.75. The van der Waals surface area contributed by atoms with Crippen LogP contribution in [-0.4, -0.2) is 26.1 Å². The van der Waals surface area contributed by atoms with E-state index in [0.717, 1.165) is 10.9 Å². The van der Waals surface area contributed by atoms with Crippen molar-refractivity contribution >= 4 is 16.7 Å². The Labute approximate surface area is 128 Å². The highest BCUT2D eigenvalue weighted by molar-refractivity contribution is 5.85. The SMILES string of the molecule is CC(NC(=O)Cc1ccc2ccccc2c1)c1nnnn1C. The van der Waals surface area contributed by atoms with Crippen molar-refractivity contribution in [3.05, 3.63) is 53.9 Å². The van der Waals surface area contributed by atoms with Gasteiger partial charge in [0.05, 0.1) is 12.5 Å². The zero-order chi connectivity index (χ0) is 15.5. The summed E-state index contributed by atoms with van der Waals surface area (Å²) >= 11 is 0. The highest BCUT2D eigenvalue weighted by atomic mass is 16.1. The Kier molecular flexibility index (Phi) is 3.82. The van der Waals surface area contributed by atoms with E-state index in [0.29, 0.717) is 12.2 Å². The largest absolute Gasteiger partial charge is 0.346 e. The molecule has 0 radical (unpaired) electrons. The standard InChI is InChI=1S/C16H17N5O/c1-11(16-18-19-20-21(16)2)17-15(22)10-12-7-8-13-5-3-4-6-14(13)9-12/h3-9,11H,10H2,1-2H3,(H,17,22). The van der Waals surface area contributed by atoms with Gasteiger partial charge in [0.1, 0.15) is 0 Å². The van der Waals surface area contributed by atoms with Gasteiger partial charge in [-0.3, -0.25) is 4.79 Å². The first kappa shape index (κ1) is 14.2. The number of nitrogens with zero attached hydrogens (tertiary/aromatic N) is 4. The van der Waals surface area contributed by atoms with E-state index in [1.54, 1.807) is 11.7 Å². The third kappa shape index (κ3) is 2.95. The van der Waals surface area contributed by atoms with E-state index in [9.17, 15) is 4.79 Å². The lowest BCUT2D eigenvalue weighted by atomic mass is 10.0. The van der Waals surface area contributed by atoms with Crippen molar-refractivity contribution in [3.8, 4) is 0 Å². The second-order valence-corrected chi connectivity index (χ2v) is 5.31. The molecule has 1 amide bonds. The minimum Gasteiger partial charge on any atom is -0.346 e. The number of hydrogen-bond acceptors (Lipinski definition) is 4. The molecule has 6 nitrogen and oxygen atoms in total. The maximum absolute atomic E-state index is 12.2. The van der Waals surface area contributed by atoms with Crippen LogP contribution in [-0.2, 0) is 18.3 Å². The lowest BCUT2D eigenvalue weighted by Crippen LogP contribution is -2.29. The van der Waals surface area contributed by atoms with Crippen molar-refractivity contribution in [2.75, 3.05) is 0 Å². The van der Waals surface area contributed by atoms with Crippen LogP contribution >= 0.6 is 0 Å². The Morgan fingerprint density at radius 3 is 2.73 bits per heavy atom. The number of aryl methyl sites for hydroxylation is 1. The third-order valence-corrected chi connectivity index (χ3v) is 3.60. The molecule has 1 unspecified atom stereocenters. The van der Waals surface area contributed by atoms with Gasteiger partial charge >= 0.3 is 0 Å². The molecule has 0 aliphatic heterocycles. The van der Waals surface area contributed by atoms with Crippen LogP contribution < -0.4 is 5.32 Å². The Balaban J connectivity index is 1.69. The topological polar surface area (TPSA) is 72.7 Å². The Morgan fingerprint density at radius 1 is 1.23 bits per heavy atom. The van der Waals surface area contributed by atoms with Crippen molar-refractivity contribution in [1.29, 1.82) is 0 Å². The number of rotatable bonds is 4. The van der Waals surface area contributed by atoms with Crippen LogP contribution in [0.25, 0.3) is 10.8 Å². The van der Waals surface area contributed by atoms with Crippen molar-refractivity contribution in [2.45, 2.75) is 19.4 Å². The smallest absolute Gasteiger partial charge is 0.224 e. The van der Waals surface area contributed by atoms with Gasteiger partial charge < -0.3 is 5.32 Å². The van der Waals surface area contributed by atoms with Crippen LogP contribution in [0.15, 0.2) is 42.5 Å². The minimum absolute atomic E-state index is 0.0502. The summed E-state index contributed by atoms with van der Waals surface area (Å²) in [5.41, 5.74) is 0.986. The van der Waals surface area contributed by atoms with Crippen LogP contribution in [0.4, 0.5) is 0 Å². The molecule has 22 heavy (non-hydrogen) atoms. The van der Waals surface area contributed by atoms with Crippen molar-refractivity contribution in [2.24, 2.45) is 7.05 Å². The number of aromatic nitrogens is 4. The fourth-order valence-corrected chi connectivity index (χ4v) is 2.49. The molecule has 0 aliphatic rings. The van der Waals surface area contributed by atoms with Gasteiger partial charge in [0, 0.05) is 7.05 Å². The van der Waals surface area contributed by atoms with E-state index in [2.05, 4.69) is 26.9 Å². The molecule has 0 saturated carbocycles. The lowest BCUT2D eigenvalue weighted by molar-refractivity contribution is -0.121. The predicted octanol–water partition coefficient (Wildman–Crippen LogP) is 1.78. The quantitative estimate of drug-likeness (QED) is 0.796. The molecule has 0 spiro atoms. The fraction of sp³-hybridized carbons (Fsp3) is 0.250. The van der Waals surface area contributed by atoms with E-state index < -0.39 is 0 Å². The number of fused-ring (bicyclic) bond motifs is 1. The Bertz CT molecular complexity index is 811. The molecule has 1 aromatic heterocycles. The Morgan fingerprint density at radius 2 is 2.00 bits per heavy atom. The number of carbonyl (C=O) groups is 1. The summed E-state index contributed by atoms with van der Waals surface area (Å²) in [6.45, 7) is 1.87. The summed E-state index contributed by atoms with van der Waals surface area (Å²) in [5, 5.41) is 16.5. The maximum atomic E-state index is 12.2. The molecule has 112 valence electrons. The molecular weight excluding hydrogens is 278 g/mol. The summed E-state index contributed by atoms with van der Waals surface area (Å²) in [5.74, 6) is 0.581. The molecule has 3 aromatic rings. The molecule has 3 rings (SSSR count). The molecule has 0 fully saturated rings. The summed E-state index contributed by atoms with van der Waals surface area (Å²) < 4.78 is 1.56. The Hall–Kier alpha value is -2.76. The van der Waals surface area contributed by atoms with E-state index in [-0.39, 0.29) is 11.9 Å². The van der Waals surface area contributed by atoms with Crippen molar-refractivity contribution in [1.82, 2.24) is 25.5 Å². The normalized spacial score (nSPS) is 12.3. The molecule has 1 N–H and O–H groups in total. The molecule has 0 bridgehead atoms. The molecular formula is C16H17N5O. The number of nitrogens with one attached hydrogen (secondary N) is 1.